The predicted molar refractivity (Wildman–Crippen MR) is 88.4 cm³/mol. The fourth-order valence-electron chi connectivity index (χ4n) is 2.30. The van der Waals surface area contributed by atoms with Gasteiger partial charge in [-0.25, -0.2) is 0 Å². The van der Waals surface area contributed by atoms with Crippen LogP contribution in [0.15, 0.2) is 70.9 Å². The Morgan fingerprint density at radius 3 is 2.24 bits per heavy atom. The van der Waals surface area contributed by atoms with E-state index in [9.17, 15) is 0 Å². The van der Waals surface area contributed by atoms with E-state index in [1.165, 1.54) is 5.56 Å². The molecule has 0 aliphatic heterocycles. The molecule has 3 rings (SSSR count). The lowest BCUT2D eigenvalue weighted by atomic mass is 10.1. The fraction of sp³-hybridized carbons (Fsp3) is 0.111. The second-order valence-electron chi connectivity index (χ2n) is 4.94. The van der Waals surface area contributed by atoms with Gasteiger partial charge < -0.3 is 5.73 Å². The molecule has 0 radical (unpaired) electrons. The van der Waals surface area contributed by atoms with Gasteiger partial charge in [0.05, 0.1) is 11.4 Å². The van der Waals surface area contributed by atoms with Gasteiger partial charge in [0, 0.05) is 16.5 Å². The van der Waals surface area contributed by atoms with Crippen molar-refractivity contribution in [3.8, 4) is 0 Å². The minimum absolute atomic E-state index is 0.761. The average molecular weight is 275 g/mol. The Morgan fingerprint density at radius 1 is 0.810 bits per heavy atom. The number of benzene rings is 3. The van der Waals surface area contributed by atoms with Gasteiger partial charge in [0.15, 0.2) is 0 Å². The number of nitrogen functional groups attached to an aromatic ring is 1. The van der Waals surface area contributed by atoms with Gasteiger partial charge >= 0.3 is 0 Å². The van der Waals surface area contributed by atoms with Crippen LogP contribution in [0.2, 0.25) is 0 Å². The first kappa shape index (κ1) is 13.3. The van der Waals surface area contributed by atoms with E-state index in [2.05, 4.69) is 29.3 Å². The number of anilines is 1. The van der Waals surface area contributed by atoms with E-state index in [4.69, 9.17) is 5.73 Å². The van der Waals surface area contributed by atoms with E-state index in [0.29, 0.717) is 0 Å². The molecule has 2 N–H and O–H groups in total. The predicted octanol–water partition coefficient (Wildman–Crippen LogP) is 5.40. The Balaban J connectivity index is 1.97. The third kappa shape index (κ3) is 2.77. The summed E-state index contributed by atoms with van der Waals surface area (Å²) in [5, 5.41) is 10.7. The monoisotopic (exact) mass is 275 g/mol. The average Bonchev–Trinajstić information content (AvgIpc) is 2.55. The van der Waals surface area contributed by atoms with E-state index >= 15 is 0 Å². The Morgan fingerprint density at radius 2 is 1.52 bits per heavy atom. The molecule has 104 valence electrons. The first-order chi connectivity index (χ1) is 10.3. The quantitative estimate of drug-likeness (QED) is 0.505. The van der Waals surface area contributed by atoms with Crippen LogP contribution in [0.5, 0.6) is 0 Å². The zero-order chi connectivity index (χ0) is 14.7. The summed E-state index contributed by atoms with van der Waals surface area (Å²) in [6.45, 7) is 2.14. The lowest BCUT2D eigenvalue weighted by Gasteiger charge is -2.04. The second kappa shape index (κ2) is 5.75. The second-order valence-corrected chi connectivity index (χ2v) is 4.94. The van der Waals surface area contributed by atoms with Crippen LogP contribution in [0.25, 0.3) is 10.8 Å². The van der Waals surface area contributed by atoms with Crippen LogP contribution in [0, 0.1) is 0 Å². The Bertz CT molecular complexity index is 789. The SMILES string of the molecule is CCc1ccc(/N=N/c2ccc(N)c3ccccc23)cc1. The summed E-state index contributed by atoms with van der Waals surface area (Å²) >= 11 is 0. The molecule has 21 heavy (non-hydrogen) atoms. The third-order valence-electron chi connectivity index (χ3n) is 3.55. The van der Waals surface area contributed by atoms with Crippen molar-refractivity contribution in [2.24, 2.45) is 10.2 Å². The molecule has 0 saturated heterocycles. The normalized spacial score (nSPS) is 11.3. The van der Waals surface area contributed by atoms with Crippen molar-refractivity contribution < 1.29 is 0 Å². The summed E-state index contributed by atoms with van der Waals surface area (Å²) in [4.78, 5) is 0. The highest BCUT2D eigenvalue weighted by atomic mass is 15.1. The van der Waals surface area contributed by atoms with Gasteiger partial charge in [-0.3, -0.25) is 0 Å². The fourth-order valence-corrected chi connectivity index (χ4v) is 2.30. The highest BCUT2D eigenvalue weighted by molar-refractivity contribution is 5.99. The molecule has 0 saturated carbocycles. The number of azo groups is 1. The Labute approximate surface area is 124 Å². The molecule has 3 nitrogen and oxygen atoms in total. The molecule has 0 bridgehead atoms. The van der Waals surface area contributed by atoms with E-state index in [-0.39, 0.29) is 0 Å². The van der Waals surface area contributed by atoms with Gasteiger partial charge in [0.1, 0.15) is 0 Å². The molecule has 0 atom stereocenters. The van der Waals surface area contributed by atoms with Gasteiger partial charge in [-0.1, -0.05) is 43.3 Å². The molecule has 3 aromatic rings. The summed E-state index contributed by atoms with van der Waals surface area (Å²) in [5.74, 6) is 0. The molecule has 0 unspecified atom stereocenters. The van der Waals surface area contributed by atoms with Crippen LogP contribution in [0.3, 0.4) is 0 Å². The molecule has 0 spiro atoms. The van der Waals surface area contributed by atoms with Crippen LogP contribution in [-0.4, -0.2) is 0 Å². The number of aryl methyl sites for hydroxylation is 1. The van der Waals surface area contributed by atoms with E-state index in [0.717, 1.165) is 34.3 Å². The maximum absolute atomic E-state index is 5.99. The first-order valence-corrected chi connectivity index (χ1v) is 7.06. The lowest BCUT2D eigenvalue weighted by Crippen LogP contribution is -1.86. The van der Waals surface area contributed by atoms with Crippen molar-refractivity contribution in [2.75, 3.05) is 5.73 Å². The minimum atomic E-state index is 0.761. The van der Waals surface area contributed by atoms with E-state index in [1.807, 2.05) is 48.5 Å². The Hall–Kier alpha value is -2.68. The molecule has 0 fully saturated rings. The van der Waals surface area contributed by atoms with Crippen LogP contribution in [-0.2, 0) is 6.42 Å². The summed E-state index contributed by atoms with van der Waals surface area (Å²) in [6.07, 6.45) is 1.03. The number of nitrogens with two attached hydrogens (primary N) is 1. The van der Waals surface area contributed by atoms with E-state index < -0.39 is 0 Å². The van der Waals surface area contributed by atoms with E-state index in [1.54, 1.807) is 0 Å². The molecule has 3 aromatic carbocycles. The third-order valence-corrected chi connectivity index (χ3v) is 3.55. The smallest absolute Gasteiger partial charge is 0.0936 e. The van der Waals surface area contributed by atoms with Gasteiger partial charge in [-0.05, 0) is 36.2 Å². The molecular weight excluding hydrogens is 258 g/mol. The van der Waals surface area contributed by atoms with Gasteiger partial charge in [-0.2, -0.15) is 5.11 Å². The lowest BCUT2D eigenvalue weighted by molar-refractivity contribution is 1.13. The van der Waals surface area contributed by atoms with Crippen LogP contribution in [0.1, 0.15) is 12.5 Å². The highest BCUT2D eigenvalue weighted by Gasteiger charge is 2.02. The van der Waals surface area contributed by atoms with Crippen LogP contribution >= 0.6 is 0 Å². The summed E-state index contributed by atoms with van der Waals surface area (Å²) in [6, 6.07) is 19.9. The number of fused-ring (bicyclic) bond motifs is 1. The number of hydrogen-bond acceptors (Lipinski definition) is 3. The van der Waals surface area contributed by atoms with Crippen molar-refractivity contribution in [2.45, 2.75) is 13.3 Å². The van der Waals surface area contributed by atoms with Crippen molar-refractivity contribution in [3.05, 3.63) is 66.2 Å². The maximum Gasteiger partial charge on any atom is 0.0936 e. The molecular formula is C18H17N3. The Kier molecular flexibility index (Phi) is 3.65. The molecule has 0 heterocycles. The topological polar surface area (TPSA) is 50.7 Å². The zero-order valence-corrected chi connectivity index (χ0v) is 12.0. The van der Waals surface area contributed by atoms with Crippen molar-refractivity contribution in [3.63, 3.8) is 0 Å². The van der Waals surface area contributed by atoms with Crippen molar-refractivity contribution in [1.82, 2.24) is 0 Å². The van der Waals surface area contributed by atoms with Crippen LogP contribution in [0.4, 0.5) is 17.1 Å². The summed E-state index contributed by atoms with van der Waals surface area (Å²) < 4.78 is 0. The maximum atomic E-state index is 5.99. The molecule has 0 aliphatic carbocycles. The minimum Gasteiger partial charge on any atom is -0.398 e. The number of nitrogens with zero attached hydrogens (tertiary/aromatic N) is 2. The van der Waals surface area contributed by atoms with Crippen LogP contribution < -0.4 is 5.73 Å². The molecule has 0 amide bonds. The number of hydrogen-bond donors (Lipinski definition) is 1. The largest absolute Gasteiger partial charge is 0.398 e. The van der Waals surface area contributed by atoms with Gasteiger partial charge in [0.2, 0.25) is 0 Å². The van der Waals surface area contributed by atoms with Gasteiger partial charge in [0.25, 0.3) is 0 Å². The standard InChI is InChI=1S/C18H17N3/c1-2-13-7-9-14(10-8-13)20-21-18-12-11-17(19)15-5-3-4-6-16(15)18/h3-12H,2,19H2,1H3/b21-20+. The van der Waals surface area contributed by atoms with Crippen molar-refractivity contribution in [1.29, 1.82) is 0 Å². The molecule has 0 aliphatic rings. The van der Waals surface area contributed by atoms with Gasteiger partial charge in [-0.15, -0.1) is 5.11 Å². The first-order valence-electron chi connectivity index (χ1n) is 7.06. The molecule has 0 aromatic heterocycles. The zero-order valence-electron chi connectivity index (χ0n) is 12.0. The highest BCUT2D eigenvalue weighted by Crippen LogP contribution is 2.31. The van der Waals surface area contributed by atoms with Crippen molar-refractivity contribution >= 4 is 27.8 Å². The molecule has 3 heteroatoms. The number of rotatable bonds is 3. The summed E-state index contributed by atoms with van der Waals surface area (Å²) in [7, 11) is 0. The summed E-state index contributed by atoms with van der Waals surface area (Å²) in [5.41, 5.74) is 9.74.